The third-order valence-corrected chi connectivity index (χ3v) is 7.32. The van der Waals surface area contributed by atoms with E-state index in [-0.39, 0.29) is 15.7 Å². The molecule has 1 aromatic heterocycles. The summed E-state index contributed by atoms with van der Waals surface area (Å²) in [5.41, 5.74) is 1.46. The third-order valence-electron chi connectivity index (χ3n) is 4.41. The van der Waals surface area contributed by atoms with E-state index in [0.29, 0.717) is 28.4 Å². The predicted molar refractivity (Wildman–Crippen MR) is 119 cm³/mol. The van der Waals surface area contributed by atoms with Gasteiger partial charge in [-0.1, -0.05) is 17.8 Å². The number of thioether (sulfide) groups is 1. The van der Waals surface area contributed by atoms with E-state index < -0.39 is 25.3 Å². The number of amides is 1. The quantitative estimate of drug-likeness (QED) is 0.428. The lowest BCUT2D eigenvalue weighted by molar-refractivity contribution is -0.115. The van der Waals surface area contributed by atoms with Crippen LogP contribution in [0.5, 0.6) is 0 Å². The number of aryl methyl sites for hydroxylation is 1. The Balaban J connectivity index is 1.84. The van der Waals surface area contributed by atoms with Crippen molar-refractivity contribution in [2.45, 2.75) is 40.6 Å². The number of rotatable bonds is 7. The average molecular weight is 484 g/mol. The highest BCUT2D eigenvalue weighted by Crippen LogP contribution is 2.29. The van der Waals surface area contributed by atoms with Crippen molar-refractivity contribution in [2.24, 2.45) is 10.3 Å². The van der Waals surface area contributed by atoms with Gasteiger partial charge in [-0.25, -0.2) is 32.1 Å². The molecule has 0 fully saturated rings. The zero-order chi connectivity index (χ0) is 23.0. The van der Waals surface area contributed by atoms with Crippen LogP contribution in [0.1, 0.15) is 13.8 Å². The maximum atomic E-state index is 12.6. The van der Waals surface area contributed by atoms with Crippen molar-refractivity contribution in [2.75, 3.05) is 5.32 Å². The second kappa shape index (κ2) is 8.59. The number of imidazole rings is 1. The number of sulfonamides is 2. The fraction of sp³-hybridized carbons (Fsp3) is 0.222. The second-order valence-corrected chi connectivity index (χ2v) is 11.1. The monoisotopic (exact) mass is 483 g/mol. The summed E-state index contributed by atoms with van der Waals surface area (Å²) < 4.78 is 48.1. The van der Waals surface area contributed by atoms with Crippen LogP contribution in [0.15, 0.2) is 57.4 Å². The van der Waals surface area contributed by atoms with Crippen molar-refractivity contribution in [3.05, 3.63) is 42.5 Å². The van der Waals surface area contributed by atoms with E-state index in [9.17, 15) is 21.6 Å². The summed E-state index contributed by atoms with van der Waals surface area (Å²) in [5, 5.41) is 12.9. The fourth-order valence-electron chi connectivity index (χ4n) is 2.87. The highest BCUT2D eigenvalue weighted by atomic mass is 32.2. The smallest absolute Gasteiger partial charge is 0.238 e. The summed E-state index contributed by atoms with van der Waals surface area (Å²) in [6.45, 7) is 4.14. The van der Waals surface area contributed by atoms with Crippen molar-refractivity contribution in [1.29, 1.82) is 0 Å². The van der Waals surface area contributed by atoms with Crippen molar-refractivity contribution < 1.29 is 21.6 Å². The molecule has 0 radical (unpaired) electrons. The Morgan fingerprint density at radius 3 is 2.35 bits per heavy atom. The van der Waals surface area contributed by atoms with Gasteiger partial charge < -0.3 is 9.88 Å². The van der Waals surface area contributed by atoms with Crippen molar-refractivity contribution in [3.63, 3.8) is 0 Å². The number of nitrogens with zero attached hydrogens (tertiary/aromatic N) is 2. The molecule has 0 saturated heterocycles. The van der Waals surface area contributed by atoms with Crippen molar-refractivity contribution in [3.8, 4) is 0 Å². The van der Waals surface area contributed by atoms with Crippen molar-refractivity contribution in [1.82, 2.24) is 9.55 Å². The Bertz CT molecular complexity index is 1370. The molecule has 13 heteroatoms. The number of hydrogen-bond donors (Lipinski definition) is 3. The number of aromatic nitrogens is 2. The molecule has 1 atom stereocenters. The predicted octanol–water partition coefficient (Wildman–Crippen LogP) is 1.47. The van der Waals surface area contributed by atoms with E-state index in [1.165, 1.54) is 42.1 Å². The van der Waals surface area contributed by atoms with Gasteiger partial charge in [0.15, 0.2) is 5.16 Å². The Hall–Kier alpha value is -2.45. The second-order valence-electron chi connectivity index (χ2n) is 6.66. The highest BCUT2D eigenvalue weighted by Gasteiger charge is 2.21. The zero-order valence-corrected chi connectivity index (χ0v) is 19.1. The minimum Gasteiger partial charge on any atom is -0.325 e. The number of nitrogens with two attached hydrogens (primary N) is 2. The summed E-state index contributed by atoms with van der Waals surface area (Å²) in [4.78, 5) is 16.9. The van der Waals surface area contributed by atoms with Gasteiger partial charge in [0.1, 0.15) is 0 Å². The molecule has 3 aromatic rings. The molecule has 0 aliphatic carbocycles. The Morgan fingerprint density at radius 2 is 1.74 bits per heavy atom. The molecule has 166 valence electrons. The molecule has 1 amide bonds. The zero-order valence-electron chi connectivity index (χ0n) is 16.6. The van der Waals surface area contributed by atoms with Crippen LogP contribution in [0.3, 0.4) is 0 Å². The third kappa shape index (κ3) is 5.25. The van der Waals surface area contributed by atoms with E-state index in [4.69, 9.17) is 10.3 Å². The lowest BCUT2D eigenvalue weighted by atomic mass is 10.3. The first-order valence-electron chi connectivity index (χ1n) is 9.03. The highest BCUT2D eigenvalue weighted by molar-refractivity contribution is 8.00. The van der Waals surface area contributed by atoms with Crippen LogP contribution in [0, 0.1) is 0 Å². The summed E-state index contributed by atoms with van der Waals surface area (Å²) in [6, 6.07) is 10.1. The standard InChI is InChI=1S/C18H21N5O5S3/c1-3-23-16-8-7-14(31(20,27)28)10-15(16)22-18(23)29-11(2)17(24)21-12-5-4-6-13(9-12)30(19,25)26/h4-11H,3H2,1-2H3,(H,21,24)(H2,19,25,26)(H2,20,27,28). The van der Waals surface area contributed by atoms with Gasteiger partial charge in [-0.15, -0.1) is 0 Å². The molecule has 31 heavy (non-hydrogen) atoms. The molecule has 0 bridgehead atoms. The summed E-state index contributed by atoms with van der Waals surface area (Å²) in [6.07, 6.45) is 0. The Labute approximate surface area is 184 Å². The number of primary sulfonamides is 2. The molecule has 10 nitrogen and oxygen atoms in total. The number of fused-ring (bicyclic) bond motifs is 1. The topological polar surface area (TPSA) is 167 Å². The first-order chi connectivity index (χ1) is 14.4. The maximum Gasteiger partial charge on any atom is 0.238 e. The van der Waals surface area contributed by atoms with Crippen LogP contribution >= 0.6 is 11.8 Å². The van der Waals surface area contributed by atoms with Crippen LogP contribution in [0.2, 0.25) is 0 Å². The summed E-state index contributed by atoms with van der Waals surface area (Å²) >= 11 is 1.19. The summed E-state index contributed by atoms with van der Waals surface area (Å²) in [5.74, 6) is -0.364. The number of carbonyl (C=O) groups excluding carboxylic acids is 1. The number of hydrogen-bond acceptors (Lipinski definition) is 7. The van der Waals surface area contributed by atoms with Gasteiger partial charge in [-0.3, -0.25) is 4.79 Å². The van der Waals surface area contributed by atoms with Gasteiger partial charge >= 0.3 is 0 Å². The van der Waals surface area contributed by atoms with E-state index in [2.05, 4.69) is 10.3 Å². The molecule has 0 spiro atoms. The minimum absolute atomic E-state index is 0.0437. The summed E-state index contributed by atoms with van der Waals surface area (Å²) in [7, 11) is -7.75. The van der Waals surface area contributed by atoms with Gasteiger partial charge in [0, 0.05) is 12.2 Å². The van der Waals surface area contributed by atoms with E-state index in [0.717, 1.165) is 0 Å². The first kappa shape index (κ1) is 23.2. The molecule has 5 N–H and O–H groups in total. The van der Waals surface area contributed by atoms with E-state index in [1.54, 1.807) is 19.1 Å². The Morgan fingerprint density at radius 1 is 1.10 bits per heavy atom. The molecular formula is C18H21N5O5S3. The maximum absolute atomic E-state index is 12.6. The van der Waals surface area contributed by atoms with Gasteiger partial charge in [-0.05, 0) is 50.2 Å². The normalized spacial score (nSPS) is 13.3. The molecule has 0 saturated carbocycles. The molecule has 0 aliphatic heterocycles. The molecule has 1 heterocycles. The lowest BCUT2D eigenvalue weighted by Crippen LogP contribution is -2.23. The van der Waals surface area contributed by atoms with Crippen molar-refractivity contribution >= 4 is 54.4 Å². The number of anilines is 1. The van der Waals surface area contributed by atoms with E-state index in [1.807, 2.05) is 11.5 Å². The van der Waals surface area contributed by atoms with Crippen LogP contribution in [0.4, 0.5) is 5.69 Å². The van der Waals surface area contributed by atoms with Gasteiger partial charge in [0.2, 0.25) is 26.0 Å². The Kier molecular flexibility index (Phi) is 6.43. The average Bonchev–Trinajstić information content (AvgIpc) is 3.02. The van der Waals surface area contributed by atoms with E-state index >= 15 is 0 Å². The van der Waals surface area contributed by atoms with Gasteiger partial charge in [-0.2, -0.15) is 0 Å². The minimum atomic E-state index is -3.89. The van der Waals surface area contributed by atoms with Gasteiger partial charge in [0.25, 0.3) is 0 Å². The fourth-order valence-corrected chi connectivity index (χ4v) is 4.95. The number of benzene rings is 2. The van der Waals surface area contributed by atoms with Crippen LogP contribution in [-0.2, 0) is 31.4 Å². The number of carbonyl (C=O) groups is 1. The first-order valence-corrected chi connectivity index (χ1v) is 13.0. The molecule has 3 rings (SSSR count). The molecular weight excluding hydrogens is 462 g/mol. The van der Waals surface area contributed by atoms with Crippen LogP contribution in [-0.4, -0.2) is 37.5 Å². The molecule has 1 unspecified atom stereocenters. The van der Waals surface area contributed by atoms with Crippen LogP contribution < -0.4 is 15.6 Å². The van der Waals surface area contributed by atoms with Crippen LogP contribution in [0.25, 0.3) is 11.0 Å². The number of nitrogens with one attached hydrogen (secondary N) is 1. The SMILES string of the molecule is CCn1c(SC(C)C(=O)Nc2cccc(S(N)(=O)=O)c2)nc2cc(S(N)(=O)=O)ccc21. The van der Waals surface area contributed by atoms with Gasteiger partial charge in [0.05, 0.1) is 26.1 Å². The molecule has 2 aromatic carbocycles. The largest absolute Gasteiger partial charge is 0.325 e. The molecule has 0 aliphatic rings. The lowest BCUT2D eigenvalue weighted by Gasteiger charge is -2.13.